The van der Waals surface area contributed by atoms with Gasteiger partial charge in [-0.15, -0.1) is 26.3 Å². The van der Waals surface area contributed by atoms with Crippen molar-refractivity contribution in [2.24, 2.45) is 0 Å². The second-order valence-corrected chi connectivity index (χ2v) is 12.9. The molecule has 0 aliphatic carbocycles. The van der Waals surface area contributed by atoms with Gasteiger partial charge in [-0.05, 0) is 120 Å². The molecular formula is C43H32F6N2O10. The normalized spacial score (nSPS) is 13.3. The van der Waals surface area contributed by atoms with Gasteiger partial charge in [0.1, 0.15) is 35.2 Å². The summed E-state index contributed by atoms with van der Waals surface area (Å²) in [6.07, 6.45) is -9.20. The fraction of sp³-hybridized carbons (Fsp3) is 0.116. The molecule has 316 valence electrons. The zero-order chi connectivity index (χ0) is 44.5. The SMILES string of the molecule is Nc1cc(N)cc(C(C(O)C(=O)/C=C/c2ccc(OC(=O)c3ccc(OC(F)(F)F)cc3)cc2)C(O)C(=O)/C=C/c2ccc(OC(=O)c3ccc(OC(F)(F)F)cc3)cc2)c1. The Hall–Kier alpha value is -7.44. The van der Waals surface area contributed by atoms with E-state index in [1.54, 1.807) is 0 Å². The lowest BCUT2D eigenvalue weighted by atomic mass is 9.83. The maximum absolute atomic E-state index is 13.3. The van der Waals surface area contributed by atoms with E-state index in [0.29, 0.717) is 11.1 Å². The number of carbonyl (C=O) groups excluding carboxylic acids is 4. The molecule has 2 atom stereocenters. The number of aliphatic hydroxyl groups excluding tert-OH is 2. The highest BCUT2D eigenvalue weighted by Gasteiger charge is 2.36. The lowest BCUT2D eigenvalue weighted by molar-refractivity contribution is -0.275. The Morgan fingerprint density at radius 3 is 1.16 bits per heavy atom. The molecule has 5 aromatic carbocycles. The molecule has 0 aliphatic rings. The Balaban J connectivity index is 1.22. The van der Waals surface area contributed by atoms with Crippen LogP contribution >= 0.6 is 0 Å². The minimum Gasteiger partial charge on any atom is -0.423 e. The number of ether oxygens (including phenoxy) is 4. The smallest absolute Gasteiger partial charge is 0.423 e. The number of hydrogen-bond donors (Lipinski definition) is 4. The van der Waals surface area contributed by atoms with Crippen LogP contribution in [0.25, 0.3) is 12.2 Å². The van der Waals surface area contributed by atoms with Crippen molar-refractivity contribution in [2.75, 3.05) is 11.5 Å². The lowest BCUT2D eigenvalue weighted by Crippen LogP contribution is -2.38. The Morgan fingerprint density at radius 2 is 0.836 bits per heavy atom. The third-order valence-electron chi connectivity index (χ3n) is 8.36. The van der Waals surface area contributed by atoms with Gasteiger partial charge in [0.25, 0.3) is 0 Å². The molecular weight excluding hydrogens is 818 g/mol. The summed E-state index contributed by atoms with van der Waals surface area (Å²) in [7, 11) is 0. The number of alkyl halides is 6. The van der Waals surface area contributed by atoms with E-state index in [0.717, 1.165) is 60.7 Å². The first-order chi connectivity index (χ1) is 28.7. The van der Waals surface area contributed by atoms with Crippen molar-refractivity contribution in [3.63, 3.8) is 0 Å². The molecule has 0 heterocycles. The van der Waals surface area contributed by atoms with E-state index >= 15 is 0 Å². The average molecular weight is 851 g/mol. The molecule has 12 nitrogen and oxygen atoms in total. The number of nitrogens with two attached hydrogens (primary N) is 2. The van der Waals surface area contributed by atoms with Gasteiger partial charge in [-0.2, -0.15) is 0 Å². The molecule has 0 radical (unpaired) electrons. The van der Waals surface area contributed by atoms with Gasteiger partial charge in [0.15, 0.2) is 11.6 Å². The van der Waals surface area contributed by atoms with E-state index < -0.39 is 65.9 Å². The van der Waals surface area contributed by atoms with Gasteiger partial charge in [0.2, 0.25) is 0 Å². The summed E-state index contributed by atoms with van der Waals surface area (Å²) in [6.45, 7) is 0. The van der Waals surface area contributed by atoms with E-state index in [-0.39, 0.29) is 39.6 Å². The molecule has 0 saturated carbocycles. The number of rotatable bonds is 15. The van der Waals surface area contributed by atoms with Crippen LogP contribution in [0.1, 0.15) is 43.3 Å². The van der Waals surface area contributed by atoms with Crippen molar-refractivity contribution in [3.05, 3.63) is 155 Å². The number of esters is 2. The first-order valence-corrected chi connectivity index (χ1v) is 17.5. The molecule has 0 bridgehead atoms. The Labute approximate surface area is 341 Å². The van der Waals surface area contributed by atoms with Gasteiger partial charge >= 0.3 is 24.7 Å². The predicted molar refractivity (Wildman–Crippen MR) is 207 cm³/mol. The number of ketones is 2. The van der Waals surface area contributed by atoms with Gasteiger partial charge in [-0.1, -0.05) is 36.4 Å². The monoisotopic (exact) mass is 850 g/mol. The average Bonchev–Trinajstić information content (AvgIpc) is 3.19. The van der Waals surface area contributed by atoms with Crippen molar-refractivity contribution >= 4 is 47.0 Å². The standard InChI is InChI=1S/C43H32F6N2O10/c44-42(45,46)60-33-15-7-26(8-16-33)40(56)58-31-11-1-24(2-12-31)5-19-35(52)38(54)37(28-21-29(50)23-30(51)22-28)39(55)36(53)20-6-25-3-13-32(14-4-25)59-41(57)27-9-17-34(18-10-27)61-43(47,48)49/h1-23,37-39,54-55H,50-51H2/b19-5+,20-6+. The van der Waals surface area contributed by atoms with E-state index in [1.165, 1.54) is 78.9 Å². The molecule has 0 aliphatic heterocycles. The van der Waals surface area contributed by atoms with Crippen molar-refractivity contribution in [1.82, 2.24) is 0 Å². The molecule has 0 amide bonds. The number of anilines is 2. The summed E-state index contributed by atoms with van der Waals surface area (Å²) < 4.78 is 92.5. The number of aliphatic hydroxyl groups is 2. The number of benzene rings is 5. The maximum atomic E-state index is 13.3. The topological polar surface area (TPSA) is 198 Å². The summed E-state index contributed by atoms with van der Waals surface area (Å²) in [4.78, 5) is 51.5. The summed E-state index contributed by atoms with van der Waals surface area (Å²) in [6, 6.07) is 23.5. The fourth-order valence-electron chi connectivity index (χ4n) is 5.55. The van der Waals surface area contributed by atoms with Gasteiger partial charge in [0, 0.05) is 11.4 Å². The molecule has 6 N–H and O–H groups in total. The van der Waals surface area contributed by atoms with Crippen molar-refractivity contribution < 1.29 is 74.7 Å². The van der Waals surface area contributed by atoms with Gasteiger partial charge in [-0.3, -0.25) is 9.59 Å². The first kappa shape index (κ1) is 44.7. The lowest BCUT2D eigenvalue weighted by Gasteiger charge is -2.26. The third kappa shape index (κ3) is 13.3. The van der Waals surface area contributed by atoms with Crippen LogP contribution in [-0.2, 0) is 9.59 Å². The number of nitrogen functional groups attached to an aromatic ring is 2. The minimum atomic E-state index is -4.90. The zero-order valence-electron chi connectivity index (χ0n) is 31.1. The van der Waals surface area contributed by atoms with Gasteiger partial charge in [0.05, 0.1) is 17.0 Å². The third-order valence-corrected chi connectivity index (χ3v) is 8.36. The molecule has 18 heteroatoms. The minimum absolute atomic E-state index is 0.0580. The van der Waals surface area contributed by atoms with E-state index in [2.05, 4.69) is 9.47 Å². The van der Waals surface area contributed by atoms with Crippen LogP contribution in [0, 0.1) is 0 Å². The highest BCUT2D eigenvalue weighted by molar-refractivity contribution is 6.01. The van der Waals surface area contributed by atoms with E-state index in [1.807, 2.05) is 0 Å². The second kappa shape index (κ2) is 19.1. The Morgan fingerprint density at radius 1 is 0.508 bits per heavy atom. The zero-order valence-corrected chi connectivity index (χ0v) is 31.1. The largest absolute Gasteiger partial charge is 0.573 e. The summed E-state index contributed by atoms with van der Waals surface area (Å²) in [5.74, 6) is -6.09. The van der Waals surface area contributed by atoms with Crippen LogP contribution < -0.4 is 30.4 Å². The van der Waals surface area contributed by atoms with Crippen LogP contribution in [0.4, 0.5) is 37.7 Å². The van der Waals surface area contributed by atoms with Crippen LogP contribution in [0.5, 0.6) is 23.0 Å². The molecule has 0 aromatic heterocycles. The van der Waals surface area contributed by atoms with Crippen LogP contribution in [-0.4, -0.2) is 58.7 Å². The van der Waals surface area contributed by atoms with E-state index in [9.17, 15) is 55.7 Å². The first-order valence-electron chi connectivity index (χ1n) is 17.5. The molecule has 2 unspecified atom stereocenters. The number of halogens is 6. The fourth-order valence-corrected chi connectivity index (χ4v) is 5.55. The summed E-state index contributed by atoms with van der Waals surface area (Å²) >= 11 is 0. The molecule has 5 rings (SSSR count). The summed E-state index contributed by atoms with van der Waals surface area (Å²) in [5.41, 5.74) is 12.9. The highest BCUT2D eigenvalue weighted by atomic mass is 19.4. The Kier molecular flexibility index (Phi) is 14.0. The number of carbonyl (C=O) groups is 4. The van der Waals surface area contributed by atoms with Crippen LogP contribution in [0.2, 0.25) is 0 Å². The quantitative estimate of drug-likeness (QED) is 0.0267. The molecule has 5 aromatic rings. The molecule has 0 saturated heterocycles. The number of hydrogen-bond acceptors (Lipinski definition) is 12. The summed E-state index contributed by atoms with van der Waals surface area (Å²) in [5, 5.41) is 22.5. The predicted octanol–water partition coefficient (Wildman–Crippen LogP) is 7.46. The van der Waals surface area contributed by atoms with Gasteiger partial charge in [-0.25, -0.2) is 9.59 Å². The van der Waals surface area contributed by atoms with Crippen LogP contribution in [0.15, 0.2) is 127 Å². The van der Waals surface area contributed by atoms with Crippen molar-refractivity contribution in [3.8, 4) is 23.0 Å². The van der Waals surface area contributed by atoms with Gasteiger partial charge < -0.3 is 40.6 Å². The van der Waals surface area contributed by atoms with E-state index in [4.69, 9.17) is 20.9 Å². The highest BCUT2D eigenvalue weighted by Crippen LogP contribution is 2.30. The van der Waals surface area contributed by atoms with Crippen LogP contribution in [0.3, 0.4) is 0 Å². The molecule has 0 fully saturated rings. The second-order valence-electron chi connectivity index (χ2n) is 12.9. The molecule has 0 spiro atoms. The van der Waals surface area contributed by atoms with Crippen molar-refractivity contribution in [1.29, 1.82) is 0 Å². The maximum Gasteiger partial charge on any atom is 0.573 e. The Bertz CT molecular complexity index is 2250. The molecule has 61 heavy (non-hydrogen) atoms. The van der Waals surface area contributed by atoms with Crippen molar-refractivity contribution in [2.45, 2.75) is 30.9 Å².